The molecule has 27 heavy (non-hydrogen) atoms. The maximum Gasteiger partial charge on any atom is 0.319 e. The summed E-state index contributed by atoms with van der Waals surface area (Å²) in [5.41, 5.74) is 2.25. The molecule has 0 atom stereocenters. The zero-order valence-electron chi connectivity index (χ0n) is 15.2. The first-order chi connectivity index (χ1) is 12.8. The molecule has 0 aliphatic rings. The SMILES string of the molecule is CC(C)NC(=O)Nc1ccc(CNC(=O)Cc2ccc([N+](=O)[O-])cc2)cc1. The molecule has 8 nitrogen and oxygen atoms in total. The Morgan fingerprint density at radius 1 is 1.00 bits per heavy atom. The quantitative estimate of drug-likeness (QED) is 0.513. The predicted octanol–water partition coefficient (Wildman–Crippen LogP) is 2.98. The number of amides is 3. The van der Waals surface area contributed by atoms with Crippen molar-refractivity contribution in [2.75, 3.05) is 5.32 Å². The summed E-state index contributed by atoms with van der Waals surface area (Å²) in [7, 11) is 0. The molecule has 0 aromatic heterocycles. The van der Waals surface area contributed by atoms with Gasteiger partial charge in [0.05, 0.1) is 11.3 Å². The van der Waals surface area contributed by atoms with E-state index in [-0.39, 0.29) is 30.1 Å². The molecule has 3 N–H and O–H groups in total. The Hall–Kier alpha value is -3.42. The van der Waals surface area contributed by atoms with Gasteiger partial charge in [-0.1, -0.05) is 24.3 Å². The van der Waals surface area contributed by atoms with Crippen LogP contribution in [0.1, 0.15) is 25.0 Å². The van der Waals surface area contributed by atoms with Gasteiger partial charge in [0.25, 0.3) is 5.69 Å². The second kappa shape index (κ2) is 9.33. The lowest BCUT2D eigenvalue weighted by Gasteiger charge is -2.11. The molecule has 2 aromatic carbocycles. The highest BCUT2D eigenvalue weighted by Crippen LogP contribution is 2.13. The molecule has 3 amide bonds. The molecule has 0 heterocycles. The van der Waals surface area contributed by atoms with Gasteiger partial charge in [0.1, 0.15) is 0 Å². The number of anilines is 1. The van der Waals surface area contributed by atoms with E-state index in [0.717, 1.165) is 5.56 Å². The fraction of sp³-hybridized carbons (Fsp3) is 0.263. The van der Waals surface area contributed by atoms with Gasteiger partial charge in [-0.25, -0.2) is 4.79 Å². The van der Waals surface area contributed by atoms with E-state index in [1.165, 1.54) is 12.1 Å². The molecule has 0 aliphatic carbocycles. The Bertz CT molecular complexity index is 801. The highest BCUT2D eigenvalue weighted by atomic mass is 16.6. The third-order valence-corrected chi connectivity index (χ3v) is 3.63. The van der Waals surface area contributed by atoms with Crippen molar-refractivity contribution in [1.29, 1.82) is 0 Å². The van der Waals surface area contributed by atoms with Crippen LogP contribution in [0.5, 0.6) is 0 Å². The minimum absolute atomic E-state index is 0.00469. The van der Waals surface area contributed by atoms with Gasteiger partial charge >= 0.3 is 6.03 Å². The van der Waals surface area contributed by atoms with Gasteiger partial charge in [0, 0.05) is 30.4 Å². The summed E-state index contributed by atoms with van der Waals surface area (Å²) in [5, 5.41) is 18.9. The number of carbonyl (C=O) groups is 2. The number of nitrogens with one attached hydrogen (secondary N) is 3. The molecule has 2 aromatic rings. The minimum atomic E-state index is -0.477. The van der Waals surface area contributed by atoms with E-state index in [0.29, 0.717) is 17.8 Å². The van der Waals surface area contributed by atoms with Crippen LogP contribution < -0.4 is 16.0 Å². The van der Waals surface area contributed by atoms with Crippen LogP contribution in [0.25, 0.3) is 0 Å². The predicted molar refractivity (Wildman–Crippen MR) is 102 cm³/mol. The third kappa shape index (κ3) is 6.77. The largest absolute Gasteiger partial charge is 0.352 e. The number of nitro groups is 1. The number of nitro benzene ring substituents is 1. The van der Waals surface area contributed by atoms with Crippen LogP contribution in [0.15, 0.2) is 48.5 Å². The molecule has 2 rings (SSSR count). The van der Waals surface area contributed by atoms with Crippen LogP contribution in [0.4, 0.5) is 16.2 Å². The Morgan fingerprint density at radius 3 is 2.15 bits per heavy atom. The van der Waals surface area contributed by atoms with Crippen molar-refractivity contribution in [3.05, 3.63) is 69.8 Å². The number of urea groups is 1. The molecule has 0 saturated heterocycles. The van der Waals surface area contributed by atoms with Crippen molar-refractivity contribution in [3.63, 3.8) is 0 Å². The maximum absolute atomic E-state index is 12.0. The summed E-state index contributed by atoms with van der Waals surface area (Å²) in [6.45, 7) is 4.11. The standard InChI is InChI=1S/C19H22N4O4/c1-13(2)21-19(25)22-16-7-3-15(4-8-16)12-20-18(24)11-14-5-9-17(10-6-14)23(26)27/h3-10,13H,11-12H2,1-2H3,(H,20,24)(H2,21,22,25). The average Bonchev–Trinajstić information content (AvgIpc) is 2.61. The van der Waals surface area contributed by atoms with E-state index in [4.69, 9.17) is 0 Å². The lowest BCUT2D eigenvalue weighted by atomic mass is 10.1. The van der Waals surface area contributed by atoms with Gasteiger partial charge in [0.15, 0.2) is 0 Å². The fourth-order valence-electron chi connectivity index (χ4n) is 2.32. The van der Waals surface area contributed by atoms with Crippen molar-refractivity contribution >= 4 is 23.3 Å². The number of rotatable bonds is 7. The molecule has 0 saturated carbocycles. The number of hydrogen-bond donors (Lipinski definition) is 3. The summed E-state index contributed by atoms with van der Waals surface area (Å²) in [5.74, 6) is -0.178. The zero-order chi connectivity index (χ0) is 19.8. The van der Waals surface area contributed by atoms with Gasteiger partial charge in [0.2, 0.25) is 5.91 Å². The molecule has 0 bridgehead atoms. The first-order valence-electron chi connectivity index (χ1n) is 8.50. The lowest BCUT2D eigenvalue weighted by molar-refractivity contribution is -0.384. The van der Waals surface area contributed by atoms with Crippen molar-refractivity contribution in [1.82, 2.24) is 10.6 Å². The molecule has 0 radical (unpaired) electrons. The van der Waals surface area contributed by atoms with Gasteiger partial charge in [-0.05, 0) is 37.1 Å². The summed E-state index contributed by atoms with van der Waals surface area (Å²) in [4.78, 5) is 33.8. The molecular formula is C19H22N4O4. The first kappa shape index (κ1) is 19.9. The highest BCUT2D eigenvalue weighted by molar-refractivity contribution is 5.89. The van der Waals surface area contributed by atoms with Crippen molar-refractivity contribution in [3.8, 4) is 0 Å². The van der Waals surface area contributed by atoms with E-state index in [9.17, 15) is 19.7 Å². The van der Waals surface area contributed by atoms with Gasteiger partial charge in [-0.15, -0.1) is 0 Å². The molecule has 0 spiro atoms. The van der Waals surface area contributed by atoms with E-state index in [2.05, 4.69) is 16.0 Å². The maximum atomic E-state index is 12.0. The molecule has 0 fully saturated rings. The molecule has 0 aliphatic heterocycles. The van der Waals surface area contributed by atoms with E-state index in [1.807, 2.05) is 26.0 Å². The smallest absolute Gasteiger partial charge is 0.319 e. The summed E-state index contributed by atoms with van der Waals surface area (Å²) in [6.07, 6.45) is 0.146. The lowest BCUT2D eigenvalue weighted by Crippen LogP contribution is -2.34. The third-order valence-electron chi connectivity index (χ3n) is 3.63. The van der Waals surface area contributed by atoms with E-state index < -0.39 is 4.92 Å². The van der Waals surface area contributed by atoms with Crippen LogP contribution in [0.2, 0.25) is 0 Å². The van der Waals surface area contributed by atoms with Crippen LogP contribution in [0.3, 0.4) is 0 Å². The van der Waals surface area contributed by atoms with Crippen LogP contribution in [-0.2, 0) is 17.8 Å². The molecule has 0 unspecified atom stereocenters. The number of nitrogens with zero attached hydrogens (tertiary/aromatic N) is 1. The van der Waals surface area contributed by atoms with Crippen molar-refractivity contribution in [2.45, 2.75) is 32.9 Å². The number of carbonyl (C=O) groups excluding carboxylic acids is 2. The first-order valence-corrected chi connectivity index (χ1v) is 8.50. The number of hydrogen-bond acceptors (Lipinski definition) is 4. The fourth-order valence-corrected chi connectivity index (χ4v) is 2.32. The topological polar surface area (TPSA) is 113 Å². The van der Waals surface area contributed by atoms with Crippen molar-refractivity contribution < 1.29 is 14.5 Å². The number of benzene rings is 2. The minimum Gasteiger partial charge on any atom is -0.352 e. The second-order valence-corrected chi connectivity index (χ2v) is 6.33. The van der Waals surface area contributed by atoms with E-state index >= 15 is 0 Å². The highest BCUT2D eigenvalue weighted by Gasteiger charge is 2.08. The Balaban J connectivity index is 1.81. The molecule has 8 heteroatoms. The average molecular weight is 370 g/mol. The normalized spacial score (nSPS) is 10.3. The van der Waals surface area contributed by atoms with Crippen LogP contribution in [-0.4, -0.2) is 22.9 Å². The second-order valence-electron chi connectivity index (χ2n) is 6.33. The summed E-state index contributed by atoms with van der Waals surface area (Å²) < 4.78 is 0. The van der Waals surface area contributed by atoms with Crippen molar-refractivity contribution in [2.24, 2.45) is 0 Å². The van der Waals surface area contributed by atoms with Gasteiger partial charge < -0.3 is 16.0 Å². The molecule has 142 valence electrons. The number of non-ortho nitro benzene ring substituents is 1. The zero-order valence-corrected chi connectivity index (χ0v) is 15.2. The van der Waals surface area contributed by atoms with E-state index in [1.54, 1.807) is 24.3 Å². The Labute approximate surface area is 157 Å². The van der Waals surface area contributed by atoms with Crippen LogP contribution >= 0.6 is 0 Å². The monoisotopic (exact) mass is 370 g/mol. The molecular weight excluding hydrogens is 348 g/mol. The van der Waals surface area contributed by atoms with Gasteiger partial charge in [-0.2, -0.15) is 0 Å². The van der Waals surface area contributed by atoms with Gasteiger partial charge in [-0.3, -0.25) is 14.9 Å². The van der Waals surface area contributed by atoms with Crippen LogP contribution in [0, 0.1) is 10.1 Å². The Morgan fingerprint density at radius 2 is 1.59 bits per heavy atom. The summed E-state index contributed by atoms with van der Waals surface area (Å²) in [6, 6.07) is 12.8. The Kier molecular flexibility index (Phi) is 6.87. The summed E-state index contributed by atoms with van der Waals surface area (Å²) >= 11 is 0.